The van der Waals surface area contributed by atoms with Crippen LogP contribution in [0.2, 0.25) is 5.02 Å². The third-order valence-electron chi connectivity index (χ3n) is 3.55. The van der Waals surface area contributed by atoms with Crippen molar-refractivity contribution >= 4 is 29.1 Å². The molecule has 2 amide bonds. The number of carbonyl (C=O) groups excluding carboxylic acids is 2. The van der Waals surface area contributed by atoms with Gasteiger partial charge in [-0.25, -0.2) is 0 Å². The summed E-state index contributed by atoms with van der Waals surface area (Å²) < 4.78 is 0. The Morgan fingerprint density at radius 1 is 1.32 bits per heavy atom. The van der Waals surface area contributed by atoms with E-state index in [0.717, 1.165) is 18.4 Å². The van der Waals surface area contributed by atoms with Gasteiger partial charge in [0.25, 0.3) is 5.91 Å². The summed E-state index contributed by atoms with van der Waals surface area (Å²) in [6, 6.07) is 5.25. The van der Waals surface area contributed by atoms with E-state index in [1.807, 2.05) is 19.1 Å². The molecule has 1 aliphatic heterocycles. The highest BCUT2D eigenvalue weighted by Crippen LogP contribution is 2.33. The minimum absolute atomic E-state index is 0.0752. The largest absolute Gasteiger partial charge is 0.372 e. The Bertz CT molecular complexity index is 554. The number of likely N-dealkylation sites (tertiary alicyclic amines) is 1. The van der Waals surface area contributed by atoms with Crippen LogP contribution < -0.4 is 5.32 Å². The Balaban J connectivity index is 1.78. The minimum atomic E-state index is -0.479. The first-order valence-electron chi connectivity index (χ1n) is 6.45. The maximum absolute atomic E-state index is 12.2. The lowest BCUT2D eigenvalue weighted by atomic mass is 10.2. The Morgan fingerprint density at radius 2 is 2.05 bits per heavy atom. The lowest BCUT2D eigenvalue weighted by Gasteiger charge is -2.16. The summed E-state index contributed by atoms with van der Waals surface area (Å²) in [7, 11) is 0. The molecule has 4 nitrogen and oxygen atoms in total. The summed E-state index contributed by atoms with van der Waals surface area (Å²) in [6.45, 7) is 1.96. The number of anilines is 1. The summed E-state index contributed by atoms with van der Waals surface area (Å²) in [5, 5.41) is 3.66. The molecule has 1 atom stereocenters. The number of hydrogen-bond acceptors (Lipinski definition) is 3. The van der Waals surface area contributed by atoms with Crippen molar-refractivity contribution in [3.8, 4) is 0 Å². The third kappa shape index (κ3) is 2.32. The van der Waals surface area contributed by atoms with Crippen molar-refractivity contribution in [2.24, 2.45) is 0 Å². The third-order valence-corrected chi connectivity index (χ3v) is 3.88. The van der Waals surface area contributed by atoms with Crippen LogP contribution in [0.4, 0.5) is 5.69 Å². The molecule has 1 N–H and O–H groups in total. The zero-order valence-corrected chi connectivity index (χ0v) is 11.4. The van der Waals surface area contributed by atoms with Crippen LogP contribution in [0.3, 0.4) is 0 Å². The van der Waals surface area contributed by atoms with Crippen molar-refractivity contribution in [2.75, 3.05) is 5.32 Å². The van der Waals surface area contributed by atoms with Crippen LogP contribution in [0.5, 0.6) is 0 Å². The molecule has 1 heterocycles. The number of imide groups is 1. The molecule has 0 radical (unpaired) electrons. The average Bonchev–Trinajstić information content (AvgIpc) is 3.13. The summed E-state index contributed by atoms with van der Waals surface area (Å²) in [4.78, 5) is 25.5. The predicted molar refractivity (Wildman–Crippen MR) is 73.1 cm³/mol. The van der Waals surface area contributed by atoms with Crippen molar-refractivity contribution < 1.29 is 9.59 Å². The Labute approximate surface area is 116 Å². The number of aryl methyl sites for hydroxylation is 1. The quantitative estimate of drug-likeness (QED) is 0.864. The maximum Gasteiger partial charge on any atom is 0.252 e. The first kappa shape index (κ1) is 12.5. The smallest absolute Gasteiger partial charge is 0.252 e. The van der Waals surface area contributed by atoms with E-state index < -0.39 is 6.04 Å². The van der Waals surface area contributed by atoms with Crippen molar-refractivity contribution in [1.82, 2.24) is 4.90 Å². The molecule has 2 fully saturated rings. The molecule has 0 aromatic heterocycles. The monoisotopic (exact) mass is 278 g/mol. The summed E-state index contributed by atoms with van der Waals surface area (Å²) >= 11 is 6.10. The van der Waals surface area contributed by atoms with E-state index in [-0.39, 0.29) is 24.3 Å². The molecular weight excluding hydrogens is 264 g/mol. The zero-order chi connectivity index (χ0) is 13.6. The molecule has 1 saturated carbocycles. The Hall–Kier alpha value is -1.55. The van der Waals surface area contributed by atoms with Gasteiger partial charge in [-0.15, -0.1) is 0 Å². The predicted octanol–water partition coefficient (Wildman–Crippen LogP) is 2.35. The van der Waals surface area contributed by atoms with Crippen LogP contribution in [-0.4, -0.2) is 28.8 Å². The molecular formula is C14H15ClN2O2. The number of nitrogens with one attached hydrogen (secondary N) is 1. The highest BCUT2D eigenvalue weighted by molar-refractivity contribution is 6.33. The van der Waals surface area contributed by atoms with E-state index in [1.165, 1.54) is 4.90 Å². The van der Waals surface area contributed by atoms with Gasteiger partial charge >= 0.3 is 0 Å². The number of nitrogens with zero attached hydrogens (tertiary/aromatic N) is 1. The van der Waals surface area contributed by atoms with Gasteiger partial charge in [0.1, 0.15) is 6.04 Å². The second-order valence-corrected chi connectivity index (χ2v) is 5.62. The molecule has 1 aromatic rings. The van der Waals surface area contributed by atoms with Gasteiger partial charge in [-0.2, -0.15) is 0 Å². The fourth-order valence-electron chi connectivity index (χ4n) is 2.42. The van der Waals surface area contributed by atoms with E-state index in [1.54, 1.807) is 6.07 Å². The van der Waals surface area contributed by atoms with Crippen LogP contribution in [-0.2, 0) is 9.59 Å². The number of benzene rings is 1. The number of carbonyl (C=O) groups is 2. The highest BCUT2D eigenvalue weighted by atomic mass is 35.5. The van der Waals surface area contributed by atoms with Crippen molar-refractivity contribution in [3.63, 3.8) is 0 Å². The molecule has 19 heavy (non-hydrogen) atoms. The van der Waals surface area contributed by atoms with Gasteiger partial charge in [0.2, 0.25) is 5.91 Å². The SMILES string of the molecule is Cc1ccc(Cl)c(NC2CC(=O)N(C3CC3)C2=O)c1. The second kappa shape index (κ2) is 4.53. The molecule has 1 saturated heterocycles. The molecule has 1 aromatic carbocycles. The molecule has 100 valence electrons. The first-order valence-corrected chi connectivity index (χ1v) is 6.82. The number of halogens is 1. The minimum Gasteiger partial charge on any atom is -0.372 e. The van der Waals surface area contributed by atoms with Crippen molar-refractivity contribution in [1.29, 1.82) is 0 Å². The summed E-state index contributed by atoms with van der Waals surface area (Å²) in [5.41, 5.74) is 1.77. The van der Waals surface area contributed by atoms with Crippen LogP contribution in [0.15, 0.2) is 18.2 Å². The standard InChI is InChI=1S/C14H15ClN2O2/c1-8-2-5-10(15)11(6-8)16-12-7-13(18)17(14(12)19)9-3-4-9/h2,5-6,9,12,16H,3-4,7H2,1H3. The number of rotatable bonds is 3. The molecule has 1 unspecified atom stereocenters. The van der Waals surface area contributed by atoms with Crippen LogP contribution >= 0.6 is 11.6 Å². The number of hydrogen-bond donors (Lipinski definition) is 1. The van der Waals surface area contributed by atoms with Gasteiger partial charge in [0.05, 0.1) is 17.1 Å². The van der Waals surface area contributed by atoms with Gasteiger partial charge in [-0.1, -0.05) is 17.7 Å². The van der Waals surface area contributed by atoms with E-state index in [2.05, 4.69) is 5.32 Å². The molecule has 0 spiro atoms. The second-order valence-electron chi connectivity index (χ2n) is 5.22. The lowest BCUT2D eigenvalue weighted by Crippen LogP contribution is -2.36. The van der Waals surface area contributed by atoms with Gasteiger partial charge in [-0.3, -0.25) is 14.5 Å². The Morgan fingerprint density at radius 3 is 2.74 bits per heavy atom. The normalized spacial score (nSPS) is 23.1. The van der Waals surface area contributed by atoms with E-state index in [9.17, 15) is 9.59 Å². The fraction of sp³-hybridized carbons (Fsp3) is 0.429. The van der Waals surface area contributed by atoms with Crippen LogP contribution in [0, 0.1) is 6.92 Å². The summed E-state index contributed by atoms with van der Waals surface area (Å²) in [6.07, 6.45) is 2.10. The molecule has 3 rings (SSSR count). The molecule has 1 aliphatic carbocycles. The van der Waals surface area contributed by atoms with E-state index in [0.29, 0.717) is 10.7 Å². The first-order chi connectivity index (χ1) is 9.06. The van der Waals surface area contributed by atoms with E-state index in [4.69, 9.17) is 11.6 Å². The number of amides is 2. The molecule has 0 bridgehead atoms. The van der Waals surface area contributed by atoms with E-state index >= 15 is 0 Å². The molecule has 2 aliphatic rings. The fourth-order valence-corrected chi connectivity index (χ4v) is 2.59. The topological polar surface area (TPSA) is 49.4 Å². The zero-order valence-electron chi connectivity index (χ0n) is 10.6. The van der Waals surface area contributed by atoms with Gasteiger partial charge < -0.3 is 5.32 Å². The Kier molecular flexibility index (Phi) is 2.97. The molecule has 5 heteroatoms. The summed E-state index contributed by atoms with van der Waals surface area (Å²) in [5.74, 6) is -0.196. The van der Waals surface area contributed by atoms with Crippen molar-refractivity contribution in [2.45, 2.75) is 38.3 Å². The van der Waals surface area contributed by atoms with Crippen LogP contribution in [0.25, 0.3) is 0 Å². The van der Waals surface area contributed by atoms with Gasteiger partial charge in [-0.05, 0) is 37.5 Å². The maximum atomic E-state index is 12.2. The van der Waals surface area contributed by atoms with Crippen LogP contribution in [0.1, 0.15) is 24.8 Å². The van der Waals surface area contributed by atoms with Crippen molar-refractivity contribution in [3.05, 3.63) is 28.8 Å². The average molecular weight is 279 g/mol. The van der Waals surface area contributed by atoms with Gasteiger partial charge in [0.15, 0.2) is 0 Å². The lowest BCUT2D eigenvalue weighted by molar-refractivity contribution is -0.139. The highest BCUT2D eigenvalue weighted by Gasteiger charge is 2.46. The van der Waals surface area contributed by atoms with Gasteiger partial charge in [0, 0.05) is 6.04 Å².